The largest absolute Gasteiger partial charge is 0.385 e. The standard InChI is InChI=1S/C18H21NO/c20-18(17-9-5-2-6-10-17)11-13-19(14-12-18)15-16-7-3-1-4-8-16/h1-10,20H,11-15H2/p+1. The van der Waals surface area contributed by atoms with E-state index in [2.05, 4.69) is 30.3 Å². The molecule has 2 N–H and O–H groups in total. The maximum absolute atomic E-state index is 10.8. The molecule has 0 saturated carbocycles. The Morgan fingerprint density at radius 3 is 2.00 bits per heavy atom. The van der Waals surface area contributed by atoms with Gasteiger partial charge in [0.05, 0.1) is 13.1 Å². The molecule has 2 nitrogen and oxygen atoms in total. The second kappa shape index (κ2) is 5.78. The van der Waals surface area contributed by atoms with Gasteiger partial charge < -0.3 is 10.0 Å². The molecule has 0 atom stereocenters. The minimum absolute atomic E-state index is 0.624. The fourth-order valence-corrected chi connectivity index (χ4v) is 3.12. The fourth-order valence-electron chi connectivity index (χ4n) is 3.12. The Morgan fingerprint density at radius 1 is 0.850 bits per heavy atom. The molecule has 1 aliphatic rings. The molecule has 2 aromatic carbocycles. The Kier molecular flexibility index (Phi) is 3.86. The van der Waals surface area contributed by atoms with Crippen LogP contribution in [0.2, 0.25) is 0 Å². The summed E-state index contributed by atoms with van der Waals surface area (Å²) in [4.78, 5) is 1.57. The summed E-state index contributed by atoms with van der Waals surface area (Å²) >= 11 is 0. The lowest BCUT2D eigenvalue weighted by Crippen LogP contribution is -3.12. The van der Waals surface area contributed by atoms with Crippen LogP contribution in [0.25, 0.3) is 0 Å². The minimum Gasteiger partial charge on any atom is -0.385 e. The Hall–Kier alpha value is -1.64. The van der Waals surface area contributed by atoms with Crippen LogP contribution >= 0.6 is 0 Å². The van der Waals surface area contributed by atoms with Crippen LogP contribution in [0.1, 0.15) is 24.0 Å². The highest BCUT2D eigenvalue weighted by Gasteiger charge is 2.35. The fraction of sp³-hybridized carbons (Fsp3) is 0.333. The molecule has 2 aromatic rings. The number of benzene rings is 2. The number of aliphatic hydroxyl groups is 1. The molecule has 0 bridgehead atoms. The van der Waals surface area contributed by atoms with Crippen molar-refractivity contribution in [2.45, 2.75) is 25.0 Å². The van der Waals surface area contributed by atoms with Crippen LogP contribution < -0.4 is 4.90 Å². The molecule has 3 rings (SSSR count). The molecule has 0 spiro atoms. The van der Waals surface area contributed by atoms with Gasteiger partial charge in [-0.1, -0.05) is 60.7 Å². The van der Waals surface area contributed by atoms with Crippen LogP contribution in [0.5, 0.6) is 0 Å². The first-order valence-corrected chi connectivity index (χ1v) is 7.42. The topological polar surface area (TPSA) is 24.7 Å². The van der Waals surface area contributed by atoms with Crippen molar-refractivity contribution in [1.82, 2.24) is 0 Å². The lowest BCUT2D eigenvalue weighted by Gasteiger charge is -2.36. The first kappa shape index (κ1) is 13.3. The zero-order valence-electron chi connectivity index (χ0n) is 11.8. The molecule has 2 heteroatoms. The molecule has 104 valence electrons. The SMILES string of the molecule is OC1(c2ccccc2)CC[NH+](Cc2ccccc2)CC1. The average Bonchev–Trinajstić information content (AvgIpc) is 2.52. The van der Waals surface area contributed by atoms with Gasteiger partial charge >= 0.3 is 0 Å². The molecular formula is C18H22NO+. The first-order chi connectivity index (χ1) is 9.76. The zero-order valence-corrected chi connectivity index (χ0v) is 11.8. The zero-order chi connectivity index (χ0) is 13.8. The quantitative estimate of drug-likeness (QED) is 0.871. The van der Waals surface area contributed by atoms with Crippen molar-refractivity contribution >= 4 is 0 Å². The van der Waals surface area contributed by atoms with Crippen molar-refractivity contribution in [3.8, 4) is 0 Å². The summed E-state index contributed by atoms with van der Waals surface area (Å²) < 4.78 is 0. The lowest BCUT2D eigenvalue weighted by atomic mass is 9.84. The van der Waals surface area contributed by atoms with E-state index in [0.29, 0.717) is 0 Å². The van der Waals surface area contributed by atoms with Gasteiger partial charge in [0.15, 0.2) is 0 Å². The second-order valence-corrected chi connectivity index (χ2v) is 5.81. The molecule has 1 saturated heterocycles. The third kappa shape index (κ3) is 2.92. The van der Waals surface area contributed by atoms with Gasteiger partial charge in [0, 0.05) is 18.4 Å². The Balaban J connectivity index is 1.62. The van der Waals surface area contributed by atoms with E-state index in [9.17, 15) is 5.11 Å². The van der Waals surface area contributed by atoms with Gasteiger partial charge in [-0.15, -0.1) is 0 Å². The predicted octanol–water partition coefficient (Wildman–Crippen LogP) is 1.75. The number of hydrogen-bond donors (Lipinski definition) is 2. The van der Waals surface area contributed by atoms with Gasteiger partial charge in [0.1, 0.15) is 12.1 Å². The Bertz CT molecular complexity index is 530. The number of rotatable bonds is 3. The molecule has 20 heavy (non-hydrogen) atoms. The highest BCUT2D eigenvalue weighted by molar-refractivity contribution is 5.22. The van der Waals surface area contributed by atoms with Crippen molar-refractivity contribution in [2.24, 2.45) is 0 Å². The number of piperidine rings is 1. The van der Waals surface area contributed by atoms with E-state index >= 15 is 0 Å². The maximum atomic E-state index is 10.8. The van der Waals surface area contributed by atoms with Crippen LogP contribution in [0.15, 0.2) is 60.7 Å². The van der Waals surface area contributed by atoms with Crippen molar-refractivity contribution in [3.05, 3.63) is 71.8 Å². The second-order valence-electron chi connectivity index (χ2n) is 5.81. The van der Waals surface area contributed by atoms with E-state index in [-0.39, 0.29) is 0 Å². The van der Waals surface area contributed by atoms with E-state index in [1.54, 1.807) is 4.90 Å². The number of likely N-dealkylation sites (tertiary alicyclic amines) is 1. The Labute approximate surface area is 120 Å². The molecule has 0 aliphatic carbocycles. The minimum atomic E-state index is -0.624. The smallest absolute Gasteiger partial charge is 0.103 e. The van der Waals surface area contributed by atoms with Gasteiger partial charge in [-0.05, 0) is 5.56 Å². The van der Waals surface area contributed by atoms with Crippen LogP contribution in [-0.2, 0) is 12.1 Å². The maximum Gasteiger partial charge on any atom is 0.103 e. The van der Waals surface area contributed by atoms with Gasteiger partial charge in [0.25, 0.3) is 0 Å². The van der Waals surface area contributed by atoms with Crippen LogP contribution in [-0.4, -0.2) is 18.2 Å². The first-order valence-electron chi connectivity index (χ1n) is 7.42. The summed E-state index contributed by atoms with van der Waals surface area (Å²) in [6, 6.07) is 20.7. The van der Waals surface area contributed by atoms with E-state index < -0.39 is 5.60 Å². The predicted molar refractivity (Wildman–Crippen MR) is 80.4 cm³/mol. The summed E-state index contributed by atoms with van der Waals surface area (Å²) in [5, 5.41) is 10.8. The number of quaternary nitrogens is 1. The van der Waals surface area contributed by atoms with Crippen molar-refractivity contribution in [2.75, 3.05) is 13.1 Å². The lowest BCUT2D eigenvalue weighted by molar-refractivity contribution is -0.921. The molecule has 1 heterocycles. The van der Waals surface area contributed by atoms with Crippen LogP contribution in [0, 0.1) is 0 Å². The third-order valence-corrected chi connectivity index (χ3v) is 4.39. The molecule has 1 fully saturated rings. The summed E-state index contributed by atoms with van der Waals surface area (Å²) in [6.45, 7) is 3.12. The van der Waals surface area contributed by atoms with Crippen LogP contribution in [0.3, 0.4) is 0 Å². The molecule has 0 unspecified atom stereocenters. The average molecular weight is 268 g/mol. The van der Waals surface area contributed by atoms with Crippen LogP contribution in [0.4, 0.5) is 0 Å². The molecule has 1 aliphatic heterocycles. The molecule has 0 amide bonds. The van der Waals surface area contributed by atoms with Gasteiger partial charge in [-0.2, -0.15) is 0 Å². The monoisotopic (exact) mass is 268 g/mol. The van der Waals surface area contributed by atoms with E-state index in [1.807, 2.05) is 30.3 Å². The molecule has 0 radical (unpaired) electrons. The number of nitrogens with one attached hydrogen (secondary N) is 1. The Morgan fingerprint density at radius 2 is 1.40 bits per heavy atom. The normalized spacial score (nSPS) is 26.4. The van der Waals surface area contributed by atoms with E-state index in [1.165, 1.54) is 5.56 Å². The highest BCUT2D eigenvalue weighted by Crippen LogP contribution is 2.28. The summed E-state index contributed by atoms with van der Waals surface area (Å²) in [6.07, 6.45) is 1.69. The third-order valence-electron chi connectivity index (χ3n) is 4.39. The summed E-state index contributed by atoms with van der Waals surface area (Å²) in [7, 11) is 0. The molecular weight excluding hydrogens is 246 g/mol. The van der Waals surface area contributed by atoms with Gasteiger partial charge in [0.2, 0.25) is 0 Å². The van der Waals surface area contributed by atoms with E-state index in [0.717, 1.165) is 38.0 Å². The molecule has 0 aromatic heterocycles. The van der Waals surface area contributed by atoms with Gasteiger partial charge in [-0.25, -0.2) is 0 Å². The van der Waals surface area contributed by atoms with Crippen molar-refractivity contribution < 1.29 is 10.0 Å². The number of hydrogen-bond acceptors (Lipinski definition) is 1. The summed E-state index contributed by atoms with van der Waals surface area (Å²) in [5.41, 5.74) is 1.83. The highest BCUT2D eigenvalue weighted by atomic mass is 16.3. The summed E-state index contributed by atoms with van der Waals surface area (Å²) in [5.74, 6) is 0. The van der Waals surface area contributed by atoms with Gasteiger partial charge in [-0.3, -0.25) is 0 Å². The van der Waals surface area contributed by atoms with E-state index in [4.69, 9.17) is 0 Å². The van der Waals surface area contributed by atoms with Crippen molar-refractivity contribution in [3.63, 3.8) is 0 Å². The van der Waals surface area contributed by atoms with Crippen molar-refractivity contribution in [1.29, 1.82) is 0 Å².